The number of thioether (sulfide) groups is 1. The van der Waals surface area contributed by atoms with E-state index in [1.165, 1.54) is 5.56 Å². The molecule has 1 aliphatic rings. The highest BCUT2D eigenvalue weighted by atomic mass is 35.5. The minimum Gasteiger partial charge on any atom is -0.457 e. The molecule has 0 bridgehead atoms. The van der Waals surface area contributed by atoms with Crippen molar-refractivity contribution in [1.29, 1.82) is 0 Å². The number of cyclic esters (lactones) is 1. The fourth-order valence-electron chi connectivity index (χ4n) is 2.21. The Labute approximate surface area is 112 Å². The van der Waals surface area contributed by atoms with Crippen LogP contribution >= 0.6 is 34.7 Å². The molecule has 0 aliphatic carbocycles. The van der Waals surface area contributed by atoms with Crippen LogP contribution in [0.1, 0.15) is 21.5 Å². The average molecular weight is 285 g/mol. The second-order valence-corrected chi connectivity index (χ2v) is 6.29. The summed E-state index contributed by atoms with van der Waals surface area (Å²) in [6, 6.07) is 2.06. The standard InChI is InChI=1S/C12H9ClO2S2/c1-6-7-2-3-16-11(7)9-8(4-15-12(9)14)10(6)17-5-13/h2-3H,4-5H2,1H3. The zero-order valence-electron chi connectivity index (χ0n) is 9.08. The molecule has 0 saturated heterocycles. The predicted octanol–water partition coefficient (Wildman–Crippen LogP) is 4.17. The van der Waals surface area contributed by atoms with Crippen molar-refractivity contribution in [2.75, 3.05) is 5.21 Å². The molecule has 1 aliphatic heterocycles. The highest BCUT2D eigenvalue weighted by Gasteiger charge is 2.29. The van der Waals surface area contributed by atoms with Crippen molar-refractivity contribution in [2.24, 2.45) is 0 Å². The number of alkyl halides is 1. The lowest BCUT2D eigenvalue weighted by molar-refractivity contribution is 0.0535. The van der Waals surface area contributed by atoms with Crippen molar-refractivity contribution in [3.05, 3.63) is 28.1 Å². The molecule has 2 heterocycles. The van der Waals surface area contributed by atoms with E-state index in [1.807, 2.05) is 5.38 Å². The summed E-state index contributed by atoms with van der Waals surface area (Å²) in [7, 11) is 0. The molecular formula is C12H9ClO2S2. The van der Waals surface area contributed by atoms with Gasteiger partial charge < -0.3 is 4.74 Å². The van der Waals surface area contributed by atoms with Crippen LogP contribution in [0.3, 0.4) is 0 Å². The lowest BCUT2D eigenvalue weighted by atomic mass is 10.0. The number of esters is 1. The molecule has 0 fully saturated rings. The van der Waals surface area contributed by atoms with Gasteiger partial charge in [-0.2, -0.15) is 0 Å². The second kappa shape index (κ2) is 4.19. The fourth-order valence-corrected chi connectivity index (χ4v) is 4.32. The number of ether oxygens (including phenoxy) is 1. The Bertz CT molecular complexity index is 618. The summed E-state index contributed by atoms with van der Waals surface area (Å²) in [4.78, 5) is 12.9. The Morgan fingerprint density at radius 1 is 1.59 bits per heavy atom. The van der Waals surface area contributed by atoms with E-state index in [1.54, 1.807) is 23.1 Å². The topological polar surface area (TPSA) is 26.3 Å². The zero-order valence-corrected chi connectivity index (χ0v) is 11.5. The number of halogens is 1. The number of aryl methyl sites for hydroxylation is 1. The van der Waals surface area contributed by atoms with Gasteiger partial charge in [0.2, 0.25) is 0 Å². The highest BCUT2D eigenvalue weighted by Crippen LogP contribution is 2.42. The molecule has 1 aromatic heterocycles. The quantitative estimate of drug-likeness (QED) is 0.470. The Morgan fingerprint density at radius 2 is 2.41 bits per heavy atom. The van der Waals surface area contributed by atoms with E-state index < -0.39 is 0 Å². The fraction of sp³-hybridized carbons (Fsp3) is 0.250. The van der Waals surface area contributed by atoms with E-state index in [2.05, 4.69) is 13.0 Å². The van der Waals surface area contributed by atoms with Gasteiger partial charge in [-0.25, -0.2) is 4.79 Å². The molecular weight excluding hydrogens is 276 g/mol. The summed E-state index contributed by atoms with van der Waals surface area (Å²) in [6.07, 6.45) is 0. The average Bonchev–Trinajstić information content (AvgIpc) is 2.90. The monoisotopic (exact) mass is 284 g/mol. The van der Waals surface area contributed by atoms with Crippen LogP contribution in [0.4, 0.5) is 0 Å². The molecule has 0 unspecified atom stereocenters. The lowest BCUT2D eigenvalue weighted by Crippen LogP contribution is -1.96. The molecule has 5 heteroatoms. The molecule has 1 aromatic carbocycles. The molecule has 0 saturated carbocycles. The van der Waals surface area contributed by atoms with Gasteiger partial charge in [0.05, 0.1) is 10.8 Å². The van der Waals surface area contributed by atoms with Crippen molar-refractivity contribution >= 4 is 50.8 Å². The number of hydrogen-bond acceptors (Lipinski definition) is 4. The van der Waals surface area contributed by atoms with Crippen LogP contribution in [0.5, 0.6) is 0 Å². The number of benzene rings is 1. The normalized spacial score (nSPS) is 14.1. The molecule has 0 radical (unpaired) electrons. The van der Waals surface area contributed by atoms with Gasteiger partial charge in [0.1, 0.15) is 6.61 Å². The first-order chi connectivity index (χ1) is 8.24. The van der Waals surface area contributed by atoms with Crippen molar-refractivity contribution in [3.63, 3.8) is 0 Å². The van der Waals surface area contributed by atoms with Crippen LogP contribution in [0.25, 0.3) is 10.1 Å². The van der Waals surface area contributed by atoms with E-state index in [0.717, 1.165) is 26.1 Å². The number of fused-ring (bicyclic) bond motifs is 3. The molecule has 0 spiro atoms. The minimum atomic E-state index is -0.205. The molecule has 0 amide bonds. The zero-order chi connectivity index (χ0) is 12.0. The van der Waals surface area contributed by atoms with Gasteiger partial charge in [0.15, 0.2) is 0 Å². The third-order valence-electron chi connectivity index (χ3n) is 2.96. The Morgan fingerprint density at radius 3 is 3.18 bits per heavy atom. The SMILES string of the molecule is Cc1c(SCCl)c2c(c3sccc13)C(=O)OC2. The van der Waals surface area contributed by atoms with E-state index in [0.29, 0.717) is 11.8 Å². The number of carbonyl (C=O) groups is 1. The van der Waals surface area contributed by atoms with Crippen LogP contribution in [0.15, 0.2) is 16.3 Å². The Balaban J connectivity index is 2.41. The third kappa shape index (κ3) is 1.58. The van der Waals surface area contributed by atoms with Crippen LogP contribution < -0.4 is 0 Å². The van der Waals surface area contributed by atoms with Gasteiger partial charge in [-0.1, -0.05) is 0 Å². The van der Waals surface area contributed by atoms with Crippen LogP contribution in [-0.2, 0) is 11.3 Å². The summed E-state index contributed by atoms with van der Waals surface area (Å²) in [5.41, 5.74) is 2.95. The molecule has 2 nitrogen and oxygen atoms in total. The Hall–Kier alpha value is -0.710. The first kappa shape index (κ1) is 11.4. The summed E-state index contributed by atoms with van der Waals surface area (Å²) in [6.45, 7) is 2.45. The van der Waals surface area contributed by atoms with Crippen molar-refractivity contribution < 1.29 is 9.53 Å². The summed E-state index contributed by atoms with van der Waals surface area (Å²) < 4.78 is 6.19. The molecule has 3 rings (SSSR count). The van der Waals surface area contributed by atoms with Crippen LogP contribution in [0.2, 0.25) is 0 Å². The molecule has 88 valence electrons. The smallest absolute Gasteiger partial charge is 0.340 e. The van der Waals surface area contributed by atoms with Gasteiger partial charge in [-0.15, -0.1) is 34.7 Å². The first-order valence-corrected chi connectivity index (χ1v) is 7.52. The van der Waals surface area contributed by atoms with Gasteiger partial charge in [-0.05, 0) is 29.3 Å². The van der Waals surface area contributed by atoms with Crippen molar-refractivity contribution in [1.82, 2.24) is 0 Å². The maximum atomic E-state index is 11.8. The van der Waals surface area contributed by atoms with Crippen molar-refractivity contribution in [3.8, 4) is 0 Å². The summed E-state index contributed by atoms with van der Waals surface area (Å²) in [5, 5.41) is 3.63. The van der Waals surface area contributed by atoms with Crippen LogP contribution in [0, 0.1) is 6.92 Å². The van der Waals surface area contributed by atoms with E-state index in [4.69, 9.17) is 16.3 Å². The van der Waals surface area contributed by atoms with Gasteiger partial charge in [-0.3, -0.25) is 0 Å². The number of rotatable bonds is 2. The van der Waals surface area contributed by atoms with Gasteiger partial charge >= 0.3 is 5.97 Å². The van der Waals surface area contributed by atoms with Gasteiger partial charge in [0, 0.05) is 15.2 Å². The van der Waals surface area contributed by atoms with E-state index >= 15 is 0 Å². The lowest BCUT2D eigenvalue weighted by Gasteiger charge is -2.10. The van der Waals surface area contributed by atoms with Crippen molar-refractivity contribution in [2.45, 2.75) is 18.4 Å². The predicted molar refractivity (Wildman–Crippen MR) is 72.3 cm³/mol. The minimum absolute atomic E-state index is 0.205. The second-order valence-electron chi connectivity index (χ2n) is 3.80. The van der Waals surface area contributed by atoms with E-state index in [-0.39, 0.29) is 5.97 Å². The third-order valence-corrected chi connectivity index (χ3v) is 5.17. The molecule has 0 N–H and O–H groups in total. The number of carbonyl (C=O) groups excluding carboxylic acids is 1. The summed E-state index contributed by atoms with van der Waals surface area (Å²) >= 11 is 8.97. The first-order valence-electron chi connectivity index (χ1n) is 5.12. The highest BCUT2D eigenvalue weighted by molar-refractivity contribution is 8.00. The molecule has 2 aromatic rings. The Kier molecular flexibility index (Phi) is 2.81. The maximum Gasteiger partial charge on any atom is 0.340 e. The summed E-state index contributed by atoms with van der Waals surface area (Å²) in [5.74, 6) is -0.205. The largest absolute Gasteiger partial charge is 0.457 e. The number of hydrogen-bond donors (Lipinski definition) is 0. The van der Waals surface area contributed by atoms with Crippen LogP contribution in [-0.4, -0.2) is 11.2 Å². The molecule has 17 heavy (non-hydrogen) atoms. The molecule has 0 atom stereocenters. The van der Waals surface area contributed by atoms with Gasteiger partial charge in [0.25, 0.3) is 0 Å². The maximum absolute atomic E-state index is 11.8. The van der Waals surface area contributed by atoms with E-state index in [9.17, 15) is 4.79 Å². The number of thiophene rings is 1.